The lowest BCUT2D eigenvalue weighted by atomic mass is 9.80. The summed E-state index contributed by atoms with van der Waals surface area (Å²) < 4.78 is 5.96. The Morgan fingerprint density at radius 2 is 2.00 bits per heavy atom. The van der Waals surface area contributed by atoms with Gasteiger partial charge in [0.05, 0.1) is 11.8 Å². The summed E-state index contributed by atoms with van der Waals surface area (Å²) in [6, 6.07) is 4.93. The highest BCUT2D eigenvalue weighted by atomic mass is 16.5. The third-order valence-corrected chi connectivity index (χ3v) is 4.14. The molecular formula is C15H22N2O2. The fourth-order valence-corrected chi connectivity index (χ4v) is 2.57. The van der Waals surface area contributed by atoms with Crippen molar-refractivity contribution < 1.29 is 9.53 Å². The number of nitrogens with two attached hydrogens (primary N) is 2. The summed E-state index contributed by atoms with van der Waals surface area (Å²) >= 11 is 0. The maximum atomic E-state index is 11.2. The van der Waals surface area contributed by atoms with Crippen molar-refractivity contribution in [1.29, 1.82) is 0 Å². The van der Waals surface area contributed by atoms with Crippen LogP contribution in [0.2, 0.25) is 0 Å². The van der Waals surface area contributed by atoms with E-state index in [0.717, 1.165) is 18.8 Å². The Morgan fingerprint density at radius 1 is 1.26 bits per heavy atom. The number of ether oxygens (including phenoxy) is 1. The van der Waals surface area contributed by atoms with E-state index in [0.29, 0.717) is 22.9 Å². The van der Waals surface area contributed by atoms with Crippen LogP contribution < -0.4 is 16.2 Å². The quantitative estimate of drug-likeness (QED) is 0.822. The molecule has 19 heavy (non-hydrogen) atoms. The lowest BCUT2D eigenvalue weighted by molar-refractivity contribution is 0.0981. The molecule has 0 saturated heterocycles. The van der Waals surface area contributed by atoms with E-state index in [4.69, 9.17) is 16.2 Å². The zero-order chi connectivity index (χ0) is 14.0. The molecule has 104 valence electrons. The highest BCUT2D eigenvalue weighted by Crippen LogP contribution is 2.33. The summed E-state index contributed by atoms with van der Waals surface area (Å²) in [5, 5.41) is 0. The minimum absolute atomic E-state index is 0.177. The van der Waals surface area contributed by atoms with Gasteiger partial charge in [-0.2, -0.15) is 0 Å². The number of hydrogen-bond acceptors (Lipinski definition) is 3. The number of anilines is 1. The van der Waals surface area contributed by atoms with Gasteiger partial charge in [0, 0.05) is 5.56 Å². The van der Waals surface area contributed by atoms with Crippen molar-refractivity contribution in [3.8, 4) is 5.75 Å². The summed E-state index contributed by atoms with van der Waals surface area (Å²) in [6.45, 7) is 4.53. The van der Waals surface area contributed by atoms with Crippen molar-refractivity contribution in [3.05, 3.63) is 23.8 Å². The van der Waals surface area contributed by atoms with E-state index >= 15 is 0 Å². The molecule has 1 amide bonds. The average molecular weight is 262 g/mol. The average Bonchev–Trinajstić information content (AvgIpc) is 2.36. The minimum atomic E-state index is -0.463. The zero-order valence-corrected chi connectivity index (χ0v) is 11.6. The van der Waals surface area contributed by atoms with Gasteiger partial charge < -0.3 is 16.2 Å². The molecule has 1 saturated carbocycles. The van der Waals surface area contributed by atoms with Crippen LogP contribution in [0.15, 0.2) is 18.2 Å². The number of amides is 1. The van der Waals surface area contributed by atoms with Gasteiger partial charge in [0.15, 0.2) is 0 Å². The van der Waals surface area contributed by atoms with E-state index in [1.54, 1.807) is 18.2 Å². The molecule has 0 spiro atoms. The van der Waals surface area contributed by atoms with Crippen molar-refractivity contribution in [3.63, 3.8) is 0 Å². The third-order valence-electron chi connectivity index (χ3n) is 4.14. The normalized spacial score (nSPS) is 26.9. The number of carbonyl (C=O) groups excluding carboxylic acids is 1. The molecule has 1 aromatic carbocycles. The third kappa shape index (κ3) is 3.19. The maximum absolute atomic E-state index is 11.2. The van der Waals surface area contributed by atoms with Gasteiger partial charge in [-0.3, -0.25) is 4.79 Å². The summed E-state index contributed by atoms with van der Waals surface area (Å²) in [6.07, 6.45) is 3.41. The second-order valence-corrected chi connectivity index (χ2v) is 5.62. The topological polar surface area (TPSA) is 78.3 Å². The number of hydrogen-bond donors (Lipinski definition) is 2. The molecule has 4 nitrogen and oxygen atoms in total. The Bertz CT molecular complexity index is 473. The van der Waals surface area contributed by atoms with Crippen molar-refractivity contribution >= 4 is 11.6 Å². The van der Waals surface area contributed by atoms with Crippen molar-refractivity contribution in [2.75, 3.05) is 5.73 Å². The molecule has 0 heterocycles. The molecular weight excluding hydrogens is 240 g/mol. The molecule has 0 radical (unpaired) electrons. The Kier molecular flexibility index (Phi) is 3.98. The van der Waals surface area contributed by atoms with Gasteiger partial charge in [-0.05, 0) is 49.3 Å². The van der Waals surface area contributed by atoms with Crippen LogP contribution in [0.4, 0.5) is 5.69 Å². The first-order valence-corrected chi connectivity index (χ1v) is 6.83. The van der Waals surface area contributed by atoms with Gasteiger partial charge in [-0.1, -0.05) is 13.8 Å². The Morgan fingerprint density at radius 3 is 2.63 bits per heavy atom. The minimum Gasteiger partial charge on any atom is -0.488 e. The van der Waals surface area contributed by atoms with Gasteiger partial charge in [0.2, 0.25) is 5.91 Å². The number of primary amides is 1. The van der Waals surface area contributed by atoms with Gasteiger partial charge >= 0.3 is 0 Å². The van der Waals surface area contributed by atoms with Crippen LogP contribution >= 0.6 is 0 Å². The number of benzene rings is 1. The number of carbonyl (C=O) groups is 1. The van der Waals surface area contributed by atoms with Gasteiger partial charge in [-0.15, -0.1) is 0 Å². The molecule has 1 aliphatic carbocycles. The highest BCUT2D eigenvalue weighted by Gasteiger charge is 2.26. The maximum Gasteiger partial charge on any atom is 0.248 e. The predicted octanol–water partition coefficient (Wildman–Crippen LogP) is 2.57. The van der Waals surface area contributed by atoms with Crippen LogP contribution in [0.25, 0.3) is 0 Å². The van der Waals surface area contributed by atoms with Crippen LogP contribution in [-0.2, 0) is 0 Å². The predicted molar refractivity (Wildman–Crippen MR) is 76.0 cm³/mol. The summed E-state index contributed by atoms with van der Waals surface area (Å²) in [4.78, 5) is 11.2. The first-order chi connectivity index (χ1) is 8.97. The van der Waals surface area contributed by atoms with E-state index in [2.05, 4.69) is 13.8 Å². The second-order valence-electron chi connectivity index (χ2n) is 5.62. The Balaban J connectivity index is 2.10. The molecule has 0 bridgehead atoms. The summed E-state index contributed by atoms with van der Waals surface area (Å²) in [7, 11) is 0. The largest absolute Gasteiger partial charge is 0.488 e. The molecule has 0 aromatic heterocycles. The van der Waals surface area contributed by atoms with Crippen LogP contribution in [0.5, 0.6) is 5.75 Å². The van der Waals surface area contributed by atoms with E-state index in [9.17, 15) is 4.79 Å². The number of rotatable bonds is 3. The first-order valence-electron chi connectivity index (χ1n) is 6.83. The molecule has 4 heteroatoms. The van der Waals surface area contributed by atoms with E-state index in [1.165, 1.54) is 6.42 Å². The van der Waals surface area contributed by atoms with Gasteiger partial charge in [-0.25, -0.2) is 0 Å². The Labute approximate surface area is 114 Å². The standard InChI is InChI=1S/C15H22N2O2/c1-9-3-5-12(7-10(9)2)19-14-8-11(15(17)18)4-6-13(14)16/h4,6,8-10,12H,3,5,7,16H2,1-2H3,(H2,17,18). The molecule has 4 N–H and O–H groups in total. The second kappa shape index (κ2) is 5.51. The van der Waals surface area contributed by atoms with Gasteiger partial charge in [0.1, 0.15) is 5.75 Å². The molecule has 3 atom stereocenters. The molecule has 1 aromatic rings. The molecule has 2 rings (SSSR count). The Hall–Kier alpha value is -1.71. The fourth-order valence-electron chi connectivity index (χ4n) is 2.57. The van der Waals surface area contributed by atoms with Gasteiger partial charge in [0.25, 0.3) is 0 Å². The van der Waals surface area contributed by atoms with Crippen LogP contribution in [0.3, 0.4) is 0 Å². The van der Waals surface area contributed by atoms with E-state index in [-0.39, 0.29) is 6.10 Å². The molecule has 1 fully saturated rings. The smallest absolute Gasteiger partial charge is 0.248 e. The number of nitrogen functional groups attached to an aromatic ring is 1. The van der Waals surface area contributed by atoms with Crippen LogP contribution in [0.1, 0.15) is 43.5 Å². The van der Waals surface area contributed by atoms with Crippen molar-refractivity contribution in [2.24, 2.45) is 17.6 Å². The van der Waals surface area contributed by atoms with Crippen LogP contribution in [-0.4, -0.2) is 12.0 Å². The first kappa shape index (κ1) is 13.7. The van der Waals surface area contributed by atoms with Crippen molar-refractivity contribution in [1.82, 2.24) is 0 Å². The lowest BCUT2D eigenvalue weighted by Gasteiger charge is -2.32. The SMILES string of the molecule is CC1CCC(Oc2cc(C(N)=O)ccc2N)CC1C. The molecule has 1 aliphatic rings. The summed E-state index contributed by atoms with van der Waals surface area (Å²) in [5.41, 5.74) is 12.1. The highest BCUT2D eigenvalue weighted by molar-refractivity contribution is 5.93. The molecule has 3 unspecified atom stereocenters. The monoisotopic (exact) mass is 262 g/mol. The lowest BCUT2D eigenvalue weighted by Crippen LogP contribution is -2.29. The van der Waals surface area contributed by atoms with E-state index < -0.39 is 5.91 Å². The van der Waals surface area contributed by atoms with Crippen LogP contribution in [0, 0.1) is 11.8 Å². The fraction of sp³-hybridized carbons (Fsp3) is 0.533. The zero-order valence-electron chi connectivity index (χ0n) is 11.6. The summed E-state index contributed by atoms with van der Waals surface area (Å²) in [5.74, 6) is 1.51. The molecule has 0 aliphatic heterocycles. The van der Waals surface area contributed by atoms with E-state index in [1.807, 2.05) is 0 Å². The van der Waals surface area contributed by atoms with Crippen molar-refractivity contribution in [2.45, 2.75) is 39.2 Å².